The van der Waals surface area contributed by atoms with Crippen molar-refractivity contribution in [2.75, 3.05) is 13.7 Å². The molecule has 0 bridgehead atoms. The standard InChI is InChI=1S/C12H16FNO/c1-15-12-7-6-11(13)9-10(12)5-3-2-4-8-14/h2,4,6-7,9H,3,5,8,14H2,1H3/b4-2+. The Hall–Kier alpha value is -1.35. The first-order chi connectivity index (χ1) is 7.27. The SMILES string of the molecule is COc1ccc(F)cc1CC/C=C/CN. The van der Waals surface area contributed by atoms with Crippen molar-refractivity contribution in [1.29, 1.82) is 0 Å². The molecule has 0 saturated carbocycles. The van der Waals surface area contributed by atoms with Crippen LogP contribution in [-0.2, 0) is 6.42 Å². The van der Waals surface area contributed by atoms with Gasteiger partial charge in [0, 0.05) is 6.54 Å². The average molecular weight is 209 g/mol. The molecule has 1 rings (SSSR count). The minimum Gasteiger partial charge on any atom is -0.496 e. The molecule has 0 aliphatic rings. The highest BCUT2D eigenvalue weighted by Crippen LogP contribution is 2.20. The van der Waals surface area contributed by atoms with Gasteiger partial charge in [-0.25, -0.2) is 4.39 Å². The minimum absolute atomic E-state index is 0.228. The fourth-order valence-corrected chi connectivity index (χ4v) is 1.40. The molecule has 2 N–H and O–H groups in total. The van der Waals surface area contributed by atoms with Crippen LogP contribution < -0.4 is 10.5 Å². The first-order valence-electron chi connectivity index (χ1n) is 4.95. The van der Waals surface area contributed by atoms with Crippen LogP contribution in [0, 0.1) is 5.82 Å². The van der Waals surface area contributed by atoms with Gasteiger partial charge in [0.2, 0.25) is 0 Å². The third kappa shape index (κ3) is 3.72. The zero-order chi connectivity index (χ0) is 11.1. The smallest absolute Gasteiger partial charge is 0.123 e. The van der Waals surface area contributed by atoms with E-state index in [4.69, 9.17) is 10.5 Å². The largest absolute Gasteiger partial charge is 0.496 e. The monoisotopic (exact) mass is 209 g/mol. The number of rotatable bonds is 5. The van der Waals surface area contributed by atoms with Crippen LogP contribution in [0.1, 0.15) is 12.0 Å². The number of benzene rings is 1. The van der Waals surface area contributed by atoms with Gasteiger partial charge in [-0.15, -0.1) is 0 Å². The molecule has 0 saturated heterocycles. The molecule has 0 unspecified atom stereocenters. The van der Waals surface area contributed by atoms with Crippen LogP contribution in [0.5, 0.6) is 5.75 Å². The van der Waals surface area contributed by atoms with Gasteiger partial charge in [0.25, 0.3) is 0 Å². The zero-order valence-corrected chi connectivity index (χ0v) is 8.87. The lowest BCUT2D eigenvalue weighted by atomic mass is 10.1. The molecule has 2 nitrogen and oxygen atoms in total. The Balaban J connectivity index is 2.65. The molecule has 0 aliphatic carbocycles. The van der Waals surface area contributed by atoms with Crippen LogP contribution in [0.15, 0.2) is 30.4 Å². The second kappa shape index (κ2) is 6.19. The summed E-state index contributed by atoms with van der Waals surface area (Å²) >= 11 is 0. The van der Waals surface area contributed by atoms with E-state index in [1.165, 1.54) is 12.1 Å². The number of hydrogen-bond acceptors (Lipinski definition) is 2. The Morgan fingerprint density at radius 1 is 1.40 bits per heavy atom. The van der Waals surface area contributed by atoms with Gasteiger partial charge in [0.05, 0.1) is 7.11 Å². The van der Waals surface area contributed by atoms with E-state index >= 15 is 0 Å². The van der Waals surface area contributed by atoms with Crippen molar-refractivity contribution in [2.45, 2.75) is 12.8 Å². The molecule has 0 amide bonds. The normalized spacial score (nSPS) is 10.9. The first kappa shape index (κ1) is 11.7. The third-order valence-corrected chi connectivity index (χ3v) is 2.13. The summed E-state index contributed by atoms with van der Waals surface area (Å²) in [5.41, 5.74) is 6.20. The molecule has 82 valence electrons. The summed E-state index contributed by atoms with van der Waals surface area (Å²) in [6, 6.07) is 4.56. The van der Waals surface area contributed by atoms with Crippen molar-refractivity contribution < 1.29 is 9.13 Å². The van der Waals surface area contributed by atoms with Gasteiger partial charge < -0.3 is 10.5 Å². The van der Waals surface area contributed by atoms with Crippen LogP contribution in [0.25, 0.3) is 0 Å². The number of halogens is 1. The molecule has 0 fully saturated rings. The van der Waals surface area contributed by atoms with E-state index in [0.717, 1.165) is 24.2 Å². The molecule has 1 aromatic rings. The lowest BCUT2D eigenvalue weighted by Gasteiger charge is -2.06. The maximum absolute atomic E-state index is 13.0. The number of nitrogens with two attached hydrogens (primary N) is 1. The van der Waals surface area contributed by atoms with E-state index in [2.05, 4.69) is 0 Å². The molecule has 0 aliphatic heterocycles. The molecule has 0 radical (unpaired) electrons. The quantitative estimate of drug-likeness (QED) is 0.755. The van der Waals surface area contributed by atoms with Crippen LogP contribution in [0.2, 0.25) is 0 Å². The van der Waals surface area contributed by atoms with Gasteiger partial charge in [-0.1, -0.05) is 12.2 Å². The van der Waals surface area contributed by atoms with Crippen molar-refractivity contribution >= 4 is 0 Å². The van der Waals surface area contributed by atoms with Gasteiger partial charge in [0.15, 0.2) is 0 Å². The average Bonchev–Trinajstić information content (AvgIpc) is 2.25. The van der Waals surface area contributed by atoms with Crippen LogP contribution in [0.4, 0.5) is 4.39 Å². The van der Waals surface area contributed by atoms with Crippen molar-refractivity contribution in [1.82, 2.24) is 0 Å². The van der Waals surface area contributed by atoms with E-state index in [-0.39, 0.29) is 5.82 Å². The molecule has 15 heavy (non-hydrogen) atoms. The lowest BCUT2D eigenvalue weighted by Crippen LogP contribution is -1.94. The van der Waals surface area contributed by atoms with E-state index in [9.17, 15) is 4.39 Å². The van der Waals surface area contributed by atoms with Crippen molar-refractivity contribution in [3.8, 4) is 5.75 Å². The van der Waals surface area contributed by atoms with Gasteiger partial charge in [0.1, 0.15) is 11.6 Å². The summed E-state index contributed by atoms with van der Waals surface area (Å²) in [6.45, 7) is 0.542. The minimum atomic E-state index is -0.228. The molecule has 0 atom stereocenters. The highest BCUT2D eigenvalue weighted by atomic mass is 19.1. The Kier molecular flexibility index (Phi) is 4.84. The van der Waals surface area contributed by atoms with Gasteiger partial charge in [-0.05, 0) is 36.6 Å². The van der Waals surface area contributed by atoms with Crippen LogP contribution in [-0.4, -0.2) is 13.7 Å². The predicted molar refractivity (Wildman–Crippen MR) is 59.5 cm³/mol. The molecule has 0 aromatic heterocycles. The zero-order valence-electron chi connectivity index (χ0n) is 8.87. The highest BCUT2D eigenvalue weighted by Gasteiger charge is 2.02. The summed E-state index contributed by atoms with van der Waals surface area (Å²) in [6.07, 6.45) is 5.49. The number of allylic oxidation sites excluding steroid dienone is 1. The van der Waals surface area contributed by atoms with Crippen molar-refractivity contribution in [3.63, 3.8) is 0 Å². The first-order valence-corrected chi connectivity index (χ1v) is 4.95. The van der Waals surface area contributed by atoms with Gasteiger partial charge in [-0.2, -0.15) is 0 Å². The topological polar surface area (TPSA) is 35.2 Å². The molecular formula is C12H16FNO. The van der Waals surface area contributed by atoms with Crippen molar-refractivity contribution in [2.24, 2.45) is 5.73 Å². The summed E-state index contributed by atoms with van der Waals surface area (Å²) < 4.78 is 18.1. The molecule has 1 aromatic carbocycles. The summed E-state index contributed by atoms with van der Waals surface area (Å²) in [5, 5.41) is 0. The molecular weight excluding hydrogens is 193 g/mol. The molecule has 0 spiro atoms. The fraction of sp³-hybridized carbons (Fsp3) is 0.333. The second-order valence-corrected chi connectivity index (χ2v) is 3.20. The van der Waals surface area contributed by atoms with E-state index in [1.807, 2.05) is 12.2 Å². The van der Waals surface area contributed by atoms with Gasteiger partial charge in [-0.3, -0.25) is 0 Å². The molecule has 3 heteroatoms. The number of ether oxygens (including phenoxy) is 1. The Morgan fingerprint density at radius 2 is 2.20 bits per heavy atom. The van der Waals surface area contributed by atoms with Crippen LogP contribution in [0.3, 0.4) is 0 Å². The Labute approximate surface area is 89.6 Å². The van der Waals surface area contributed by atoms with E-state index in [0.29, 0.717) is 6.54 Å². The van der Waals surface area contributed by atoms with E-state index in [1.54, 1.807) is 13.2 Å². The number of hydrogen-bond donors (Lipinski definition) is 1. The Bertz CT molecular complexity index is 336. The fourth-order valence-electron chi connectivity index (χ4n) is 1.40. The maximum atomic E-state index is 13.0. The van der Waals surface area contributed by atoms with Crippen LogP contribution >= 0.6 is 0 Å². The van der Waals surface area contributed by atoms with Crippen molar-refractivity contribution in [3.05, 3.63) is 41.7 Å². The summed E-state index contributed by atoms with van der Waals surface area (Å²) in [5.74, 6) is 0.506. The second-order valence-electron chi connectivity index (χ2n) is 3.20. The predicted octanol–water partition coefficient (Wildman–Crippen LogP) is 2.28. The molecule has 0 heterocycles. The number of methoxy groups -OCH3 is 1. The van der Waals surface area contributed by atoms with E-state index < -0.39 is 0 Å². The summed E-state index contributed by atoms with van der Waals surface area (Å²) in [7, 11) is 1.59. The maximum Gasteiger partial charge on any atom is 0.123 e. The Morgan fingerprint density at radius 3 is 2.87 bits per heavy atom. The lowest BCUT2D eigenvalue weighted by molar-refractivity contribution is 0.408. The van der Waals surface area contributed by atoms with Gasteiger partial charge >= 0.3 is 0 Å². The highest BCUT2D eigenvalue weighted by molar-refractivity contribution is 5.34. The third-order valence-electron chi connectivity index (χ3n) is 2.13. The summed E-state index contributed by atoms with van der Waals surface area (Å²) in [4.78, 5) is 0. The number of aryl methyl sites for hydroxylation is 1.